The number of nitro benzene ring substituents is 1. The molecule has 5 nitrogen and oxygen atoms in total. The summed E-state index contributed by atoms with van der Waals surface area (Å²) in [5.41, 5.74) is 0.364. The van der Waals surface area contributed by atoms with Crippen LogP contribution in [0, 0.1) is 10.1 Å². The number of benzene rings is 1. The molecule has 0 saturated carbocycles. The summed E-state index contributed by atoms with van der Waals surface area (Å²) in [7, 11) is 1.65. The van der Waals surface area contributed by atoms with Gasteiger partial charge in [-0.3, -0.25) is 15.0 Å². The Morgan fingerprint density at radius 2 is 2.10 bits per heavy atom. The van der Waals surface area contributed by atoms with Crippen molar-refractivity contribution in [1.29, 1.82) is 0 Å². The molecule has 0 unspecified atom stereocenters. The molecule has 1 aromatic rings. The van der Waals surface area contributed by atoms with Crippen molar-refractivity contribution in [2.45, 2.75) is 12.7 Å². The number of nitro groups is 1. The Morgan fingerprint density at radius 1 is 1.40 bits per heavy atom. The molecule has 20 heavy (non-hydrogen) atoms. The van der Waals surface area contributed by atoms with Gasteiger partial charge in [-0.2, -0.15) is 13.2 Å². The van der Waals surface area contributed by atoms with Gasteiger partial charge in [0.1, 0.15) is 0 Å². The summed E-state index contributed by atoms with van der Waals surface area (Å²) in [6.45, 7) is -0.413. The second-order valence-electron chi connectivity index (χ2n) is 4.36. The van der Waals surface area contributed by atoms with Gasteiger partial charge in [-0.15, -0.1) is 0 Å². The summed E-state index contributed by atoms with van der Waals surface area (Å²) in [6.07, 6.45) is -4.30. The molecule has 0 spiro atoms. The van der Waals surface area contributed by atoms with E-state index in [0.29, 0.717) is 12.1 Å². The highest BCUT2D eigenvalue weighted by molar-refractivity contribution is 5.34. The fraction of sp³-hybridized carbons (Fsp3) is 0.500. The molecule has 0 bridgehead atoms. The Kier molecular flexibility index (Phi) is 5.90. The van der Waals surface area contributed by atoms with Crippen molar-refractivity contribution in [3.63, 3.8) is 0 Å². The highest BCUT2D eigenvalue weighted by atomic mass is 19.4. The standard InChI is InChI=1S/C12H16F3N3O2/c1-16-5-6-17(9-12(13,14)15)8-10-3-2-4-11(7-10)18(19)20/h2-4,7,16H,5-6,8-9H2,1H3. The van der Waals surface area contributed by atoms with Crippen LogP contribution in [0.4, 0.5) is 18.9 Å². The van der Waals surface area contributed by atoms with Crippen LogP contribution in [0.1, 0.15) is 5.56 Å². The van der Waals surface area contributed by atoms with Gasteiger partial charge in [0.05, 0.1) is 11.5 Å². The van der Waals surface area contributed by atoms with Crippen LogP contribution < -0.4 is 5.32 Å². The second kappa shape index (κ2) is 7.20. The summed E-state index contributed by atoms with van der Waals surface area (Å²) in [5.74, 6) is 0. The minimum absolute atomic E-state index is 0.0167. The van der Waals surface area contributed by atoms with Gasteiger partial charge in [0.15, 0.2) is 0 Å². The number of hydrogen-bond acceptors (Lipinski definition) is 4. The van der Waals surface area contributed by atoms with Gasteiger partial charge in [-0.25, -0.2) is 0 Å². The molecule has 1 N–H and O–H groups in total. The zero-order valence-corrected chi connectivity index (χ0v) is 11.0. The SMILES string of the molecule is CNCCN(Cc1cccc([N+](=O)[O-])c1)CC(F)(F)F. The van der Waals surface area contributed by atoms with Crippen molar-refractivity contribution >= 4 is 5.69 Å². The van der Waals surface area contributed by atoms with E-state index in [0.717, 1.165) is 0 Å². The number of nitrogens with zero attached hydrogens (tertiary/aromatic N) is 2. The van der Waals surface area contributed by atoms with Gasteiger partial charge in [-0.1, -0.05) is 12.1 Å². The van der Waals surface area contributed by atoms with E-state index in [2.05, 4.69) is 5.32 Å². The first-order valence-corrected chi connectivity index (χ1v) is 5.99. The molecule has 1 aromatic carbocycles. The smallest absolute Gasteiger partial charge is 0.318 e. The van der Waals surface area contributed by atoms with Crippen LogP contribution in [0.3, 0.4) is 0 Å². The monoisotopic (exact) mass is 291 g/mol. The molecule has 8 heteroatoms. The van der Waals surface area contributed by atoms with E-state index in [4.69, 9.17) is 0 Å². The van der Waals surface area contributed by atoms with Crippen molar-refractivity contribution < 1.29 is 18.1 Å². The van der Waals surface area contributed by atoms with Crippen LogP contribution in [-0.2, 0) is 6.54 Å². The van der Waals surface area contributed by atoms with Crippen molar-refractivity contribution in [2.75, 3.05) is 26.7 Å². The van der Waals surface area contributed by atoms with Crippen LogP contribution in [0.2, 0.25) is 0 Å². The molecule has 0 aromatic heterocycles. The molecule has 1 rings (SSSR count). The minimum Gasteiger partial charge on any atom is -0.318 e. The topological polar surface area (TPSA) is 58.4 Å². The van der Waals surface area contributed by atoms with Gasteiger partial charge in [-0.05, 0) is 12.6 Å². The lowest BCUT2D eigenvalue weighted by Crippen LogP contribution is -2.37. The predicted octanol–water partition coefficient (Wildman–Crippen LogP) is 2.18. The van der Waals surface area contributed by atoms with Crippen LogP contribution >= 0.6 is 0 Å². The number of hydrogen-bond donors (Lipinski definition) is 1. The normalized spacial score (nSPS) is 11.8. The van der Waals surface area contributed by atoms with E-state index in [-0.39, 0.29) is 18.8 Å². The Balaban J connectivity index is 2.77. The molecule has 0 atom stereocenters. The number of alkyl halides is 3. The first-order valence-electron chi connectivity index (χ1n) is 5.99. The van der Waals surface area contributed by atoms with Crippen LogP contribution in [0.15, 0.2) is 24.3 Å². The Hall–Kier alpha value is -1.67. The number of halogens is 3. The lowest BCUT2D eigenvalue weighted by Gasteiger charge is -2.23. The van der Waals surface area contributed by atoms with Crippen LogP contribution in [-0.4, -0.2) is 42.7 Å². The number of likely N-dealkylation sites (N-methyl/N-ethyl adjacent to an activating group) is 1. The molecular weight excluding hydrogens is 275 g/mol. The highest BCUT2D eigenvalue weighted by Crippen LogP contribution is 2.19. The average molecular weight is 291 g/mol. The number of nitrogens with one attached hydrogen (secondary N) is 1. The molecule has 0 fully saturated rings. The molecule has 0 radical (unpaired) electrons. The quantitative estimate of drug-likeness (QED) is 0.618. The van der Waals surface area contributed by atoms with Gasteiger partial charge in [0.2, 0.25) is 0 Å². The van der Waals surface area contributed by atoms with E-state index >= 15 is 0 Å². The molecule has 0 amide bonds. The summed E-state index contributed by atoms with van der Waals surface area (Å²) < 4.78 is 37.4. The third kappa shape index (κ3) is 5.98. The van der Waals surface area contributed by atoms with Gasteiger partial charge >= 0.3 is 6.18 Å². The van der Waals surface area contributed by atoms with Gasteiger partial charge < -0.3 is 5.32 Å². The Bertz CT molecular complexity index is 452. The van der Waals surface area contributed by atoms with Crippen molar-refractivity contribution in [3.05, 3.63) is 39.9 Å². The van der Waals surface area contributed by atoms with E-state index < -0.39 is 17.6 Å². The summed E-state index contributed by atoms with van der Waals surface area (Å²) >= 11 is 0. The van der Waals surface area contributed by atoms with E-state index in [9.17, 15) is 23.3 Å². The summed E-state index contributed by atoms with van der Waals surface area (Å²) in [4.78, 5) is 11.3. The van der Waals surface area contributed by atoms with Gasteiger partial charge in [0.25, 0.3) is 5.69 Å². The minimum atomic E-state index is -4.30. The fourth-order valence-electron chi connectivity index (χ4n) is 1.76. The van der Waals surface area contributed by atoms with Crippen LogP contribution in [0.5, 0.6) is 0 Å². The molecule has 0 aliphatic heterocycles. The summed E-state index contributed by atoms with van der Waals surface area (Å²) in [5, 5.41) is 13.4. The average Bonchev–Trinajstić information content (AvgIpc) is 2.34. The van der Waals surface area contributed by atoms with E-state index in [1.165, 1.54) is 23.1 Å². The number of non-ortho nitro benzene ring substituents is 1. The first-order chi connectivity index (χ1) is 9.31. The van der Waals surface area contributed by atoms with Crippen molar-refractivity contribution in [3.8, 4) is 0 Å². The van der Waals surface area contributed by atoms with Crippen LogP contribution in [0.25, 0.3) is 0 Å². The largest absolute Gasteiger partial charge is 0.401 e. The molecule has 0 heterocycles. The molecule has 0 saturated heterocycles. The zero-order chi connectivity index (χ0) is 15.2. The third-order valence-corrected chi connectivity index (χ3v) is 2.61. The van der Waals surface area contributed by atoms with Crippen molar-refractivity contribution in [2.24, 2.45) is 0 Å². The zero-order valence-electron chi connectivity index (χ0n) is 11.0. The Labute approximate surface area is 114 Å². The number of rotatable bonds is 7. The maximum absolute atomic E-state index is 12.5. The molecule has 0 aliphatic rings. The molecular formula is C12H16F3N3O2. The van der Waals surface area contributed by atoms with E-state index in [1.54, 1.807) is 13.1 Å². The lowest BCUT2D eigenvalue weighted by molar-refractivity contribution is -0.384. The van der Waals surface area contributed by atoms with Gasteiger partial charge in [0, 0.05) is 31.8 Å². The lowest BCUT2D eigenvalue weighted by atomic mass is 10.2. The molecule has 0 aliphatic carbocycles. The maximum Gasteiger partial charge on any atom is 0.401 e. The summed E-state index contributed by atoms with van der Waals surface area (Å²) in [6, 6.07) is 5.65. The fourth-order valence-corrected chi connectivity index (χ4v) is 1.76. The maximum atomic E-state index is 12.5. The second-order valence-corrected chi connectivity index (χ2v) is 4.36. The Morgan fingerprint density at radius 3 is 2.65 bits per heavy atom. The predicted molar refractivity (Wildman–Crippen MR) is 68.4 cm³/mol. The molecule has 112 valence electrons. The highest BCUT2D eigenvalue weighted by Gasteiger charge is 2.30. The third-order valence-electron chi connectivity index (χ3n) is 2.61. The van der Waals surface area contributed by atoms with Crippen molar-refractivity contribution in [1.82, 2.24) is 10.2 Å². The first kappa shape index (κ1) is 16.4. The van der Waals surface area contributed by atoms with E-state index in [1.807, 2.05) is 0 Å².